The Morgan fingerprint density at radius 3 is 0.774 bits per heavy atom. The van der Waals surface area contributed by atoms with Crippen molar-refractivity contribution in [1.29, 1.82) is 0 Å². The van der Waals surface area contributed by atoms with E-state index < -0.39 is 97.5 Å². The van der Waals surface area contributed by atoms with Crippen LogP contribution >= 0.6 is 15.6 Å². The Hall–Kier alpha value is -4.28. The van der Waals surface area contributed by atoms with Crippen molar-refractivity contribution in [3.05, 3.63) is 109 Å². The van der Waals surface area contributed by atoms with Crippen molar-refractivity contribution in [2.45, 2.75) is 380 Å². The number of aliphatic hydroxyl groups excluding tert-OH is 1. The molecule has 0 saturated heterocycles. The molecule has 5 atom stereocenters. The van der Waals surface area contributed by atoms with Crippen LogP contribution in [0.4, 0.5) is 0 Å². The average molecular weight is 1530 g/mol. The second-order valence-electron chi connectivity index (χ2n) is 28.0. The zero-order valence-corrected chi connectivity index (χ0v) is 68.9. The maximum atomic E-state index is 13.1. The molecular formula is C87H152O17P2. The first kappa shape index (κ1) is 102. The number of carbonyl (C=O) groups is 4. The number of hydrogen-bond acceptors (Lipinski definition) is 15. The normalized spacial score (nSPS) is 14.4. The fourth-order valence-corrected chi connectivity index (χ4v) is 12.9. The number of phosphoric ester groups is 2. The third kappa shape index (κ3) is 77.9. The van der Waals surface area contributed by atoms with Gasteiger partial charge in [0.05, 0.1) is 26.4 Å². The van der Waals surface area contributed by atoms with Crippen molar-refractivity contribution in [3.8, 4) is 0 Å². The smallest absolute Gasteiger partial charge is 0.462 e. The second kappa shape index (κ2) is 78.8. The molecule has 0 radical (unpaired) electrons. The van der Waals surface area contributed by atoms with Crippen molar-refractivity contribution < 1.29 is 80.2 Å². The van der Waals surface area contributed by atoms with Crippen LogP contribution in [-0.2, 0) is 65.4 Å². The SMILES string of the molecule is CC/C=C\C/C=C\C/C=C\C/C=C\CCCCCCCCC(=O)OCC(COP(=O)(O)OCC(O)COP(=O)(O)OCC(COC(=O)CCCCCCCC/C=C\C/C=C\C/C=C\CCCCC)OC(=O)CCCCCCCCCCCCCCC)OC(=O)CCCCCCC/C=C\C/C=C\CCCCC. The van der Waals surface area contributed by atoms with Crippen molar-refractivity contribution in [1.82, 2.24) is 0 Å². The predicted molar refractivity (Wildman–Crippen MR) is 436 cm³/mol. The molecule has 0 heterocycles. The molecule has 0 aliphatic carbocycles. The van der Waals surface area contributed by atoms with Gasteiger partial charge in [-0.25, -0.2) is 9.13 Å². The third-order valence-corrected chi connectivity index (χ3v) is 19.6. The Morgan fingerprint density at radius 2 is 0.491 bits per heavy atom. The van der Waals surface area contributed by atoms with Crippen LogP contribution in [0.1, 0.15) is 362 Å². The monoisotopic (exact) mass is 1530 g/mol. The number of esters is 4. The van der Waals surface area contributed by atoms with Crippen molar-refractivity contribution in [2.24, 2.45) is 0 Å². The van der Waals surface area contributed by atoms with Crippen molar-refractivity contribution in [3.63, 3.8) is 0 Å². The van der Waals surface area contributed by atoms with Crippen LogP contribution in [0.15, 0.2) is 109 Å². The molecule has 0 aromatic rings. The van der Waals surface area contributed by atoms with Gasteiger partial charge in [-0.3, -0.25) is 37.3 Å². The van der Waals surface area contributed by atoms with Gasteiger partial charge in [0.25, 0.3) is 0 Å². The Balaban J connectivity index is 5.36. The number of phosphoric acid groups is 2. The number of hydrogen-bond donors (Lipinski definition) is 3. The molecule has 0 aromatic carbocycles. The molecule has 3 N–H and O–H groups in total. The zero-order chi connectivity index (χ0) is 77.4. The molecule has 612 valence electrons. The van der Waals surface area contributed by atoms with Crippen LogP contribution in [0, 0.1) is 0 Å². The van der Waals surface area contributed by atoms with Gasteiger partial charge in [0, 0.05) is 25.7 Å². The minimum Gasteiger partial charge on any atom is -0.462 e. The number of aliphatic hydroxyl groups is 1. The molecule has 0 spiro atoms. The number of unbranched alkanes of at least 4 members (excludes halogenated alkanes) is 35. The van der Waals surface area contributed by atoms with E-state index in [1.165, 1.54) is 89.9 Å². The minimum atomic E-state index is -4.99. The van der Waals surface area contributed by atoms with Gasteiger partial charge in [-0.2, -0.15) is 0 Å². The molecule has 0 bridgehead atoms. The molecule has 0 amide bonds. The average Bonchev–Trinajstić information content (AvgIpc) is 0.933. The number of rotatable bonds is 79. The van der Waals surface area contributed by atoms with Gasteiger partial charge in [-0.05, 0) is 135 Å². The summed E-state index contributed by atoms with van der Waals surface area (Å²) in [6, 6.07) is 0. The Labute approximate surface area is 645 Å². The fourth-order valence-electron chi connectivity index (χ4n) is 11.3. The van der Waals surface area contributed by atoms with Gasteiger partial charge >= 0.3 is 39.5 Å². The molecule has 0 fully saturated rings. The van der Waals surface area contributed by atoms with Gasteiger partial charge in [-0.15, -0.1) is 0 Å². The zero-order valence-electron chi connectivity index (χ0n) is 67.1. The van der Waals surface area contributed by atoms with Crippen molar-refractivity contribution in [2.75, 3.05) is 39.6 Å². The van der Waals surface area contributed by atoms with Crippen LogP contribution < -0.4 is 0 Å². The molecule has 0 aliphatic heterocycles. The Morgan fingerprint density at radius 1 is 0.274 bits per heavy atom. The van der Waals surface area contributed by atoms with Gasteiger partial charge in [0.15, 0.2) is 12.2 Å². The molecule has 0 aromatic heterocycles. The lowest BCUT2D eigenvalue weighted by Crippen LogP contribution is -2.30. The van der Waals surface area contributed by atoms with E-state index in [1.807, 2.05) is 0 Å². The largest absolute Gasteiger partial charge is 0.472 e. The van der Waals surface area contributed by atoms with Crippen LogP contribution in [0.2, 0.25) is 0 Å². The molecule has 0 saturated carbocycles. The van der Waals surface area contributed by atoms with Gasteiger partial charge < -0.3 is 33.8 Å². The Bertz CT molecular complexity index is 2430. The summed E-state index contributed by atoms with van der Waals surface area (Å²) in [7, 11) is -9.97. The molecule has 0 rings (SSSR count). The van der Waals surface area contributed by atoms with Gasteiger partial charge in [-0.1, -0.05) is 310 Å². The number of ether oxygens (including phenoxy) is 4. The topological polar surface area (TPSA) is 237 Å². The number of carbonyl (C=O) groups excluding carboxylic acids is 4. The van der Waals surface area contributed by atoms with Crippen LogP contribution in [0.25, 0.3) is 0 Å². The summed E-state index contributed by atoms with van der Waals surface area (Å²) >= 11 is 0. The van der Waals surface area contributed by atoms with Gasteiger partial charge in [0.2, 0.25) is 0 Å². The third-order valence-electron chi connectivity index (χ3n) is 17.7. The summed E-state index contributed by atoms with van der Waals surface area (Å²) in [5.74, 6) is -2.20. The van der Waals surface area contributed by atoms with Crippen molar-refractivity contribution >= 4 is 39.5 Å². The standard InChI is InChI=1S/C87H152O17P2/c1-5-9-13-17-21-25-29-33-36-38-40-42-45-48-51-55-59-63-67-71-84(89)97-77-82(103-86(91)73-69-65-61-57-53-47-32-28-24-20-16-12-8-4)79-101-105(93,94)99-75-81(88)76-100-106(95,96)102-80-83(104-87(92)74-70-66-62-58-54-50-44-35-31-27-23-19-15-11-7-3)78-98-85(90)72-68-64-60-56-52-49-46-43-41-39-37-34-30-26-22-18-14-10-6-2/h10,14,21-23,25-27,33-37,40-44,81-83,88H,5-9,11-13,15-20,24,28-32,38-39,45-80H2,1-4H3,(H,93,94)(H,95,96)/b14-10-,25-21-,26-22-,27-23-,36-33-,37-34-,42-40-,43-41-,44-35-. The van der Waals surface area contributed by atoms with Gasteiger partial charge in [0.1, 0.15) is 19.3 Å². The lowest BCUT2D eigenvalue weighted by atomic mass is 10.0. The summed E-state index contributed by atoms with van der Waals surface area (Å²) in [6.07, 6.45) is 86.2. The number of allylic oxidation sites excluding steroid dienone is 18. The maximum Gasteiger partial charge on any atom is 0.472 e. The molecule has 17 nitrogen and oxygen atoms in total. The minimum absolute atomic E-state index is 0.0751. The highest BCUT2D eigenvalue weighted by Gasteiger charge is 2.30. The van der Waals surface area contributed by atoms with Crippen LogP contribution in [0.5, 0.6) is 0 Å². The first-order chi connectivity index (χ1) is 51.7. The highest BCUT2D eigenvalue weighted by molar-refractivity contribution is 7.47. The van der Waals surface area contributed by atoms with Crippen LogP contribution in [0.3, 0.4) is 0 Å². The lowest BCUT2D eigenvalue weighted by molar-refractivity contribution is -0.161. The molecule has 106 heavy (non-hydrogen) atoms. The highest BCUT2D eigenvalue weighted by Crippen LogP contribution is 2.45. The lowest BCUT2D eigenvalue weighted by Gasteiger charge is -2.21. The van der Waals surface area contributed by atoms with Crippen LogP contribution in [-0.4, -0.2) is 96.7 Å². The van der Waals surface area contributed by atoms with E-state index in [2.05, 4.69) is 137 Å². The maximum absolute atomic E-state index is 13.1. The summed E-state index contributed by atoms with van der Waals surface area (Å²) in [6.45, 7) is 4.72. The van der Waals surface area contributed by atoms with E-state index >= 15 is 0 Å². The molecule has 0 aliphatic rings. The Kier molecular flexibility index (Phi) is 75.6. The second-order valence-corrected chi connectivity index (χ2v) is 30.9. The van der Waals surface area contributed by atoms with E-state index in [0.29, 0.717) is 25.7 Å². The van der Waals surface area contributed by atoms with E-state index in [9.17, 15) is 43.2 Å². The van der Waals surface area contributed by atoms with E-state index in [1.54, 1.807) is 0 Å². The summed E-state index contributed by atoms with van der Waals surface area (Å²) in [4.78, 5) is 73.2. The first-order valence-electron chi connectivity index (χ1n) is 42.1. The summed E-state index contributed by atoms with van der Waals surface area (Å²) in [5.41, 5.74) is 0. The summed E-state index contributed by atoms with van der Waals surface area (Å²) in [5, 5.41) is 10.7. The first-order valence-corrected chi connectivity index (χ1v) is 45.1. The van der Waals surface area contributed by atoms with E-state index in [4.69, 9.17) is 37.0 Å². The van der Waals surface area contributed by atoms with E-state index in [0.717, 1.165) is 193 Å². The predicted octanol–water partition coefficient (Wildman–Crippen LogP) is 24.9. The summed E-state index contributed by atoms with van der Waals surface area (Å²) < 4.78 is 68.7. The molecule has 5 unspecified atom stereocenters. The fraction of sp³-hybridized carbons (Fsp3) is 0.747. The highest BCUT2D eigenvalue weighted by atomic mass is 31.2. The van der Waals surface area contributed by atoms with E-state index in [-0.39, 0.29) is 25.7 Å². The molecule has 19 heteroatoms. The molecular weight excluding hydrogens is 1380 g/mol. The quantitative estimate of drug-likeness (QED) is 0.0169.